The SMILES string of the molecule is CC.CCCN(CCC)c1ccc(NC(=O)C2=CCC(C)C=C2c2ccccc2)cc1.CCCNC(=O)C(C)c1ccccc1. The molecule has 5 nitrogen and oxygen atoms in total. The maximum absolute atomic E-state index is 13.1. The molecule has 0 aliphatic heterocycles. The van der Waals surface area contributed by atoms with E-state index in [2.05, 4.69) is 72.7 Å². The zero-order chi connectivity index (χ0) is 33.0. The summed E-state index contributed by atoms with van der Waals surface area (Å²) < 4.78 is 0. The van der Waals surface area contributed by atoms with Crippen LogP contribution in [0.25, 0.3) is 5.57 Å². The van der Waals surface area contributed by atoms with Crippen molar-refractivity contribution in [2.75, 3.05) is 29.9 Å². The van der Waals surface area contributed by atoms with Crippen LogP contribution in [0, 0.1) is 5.92 Å². The topological polar surface area (TPSA) is 61.4 Å². The fraction of sp³-hybridized carbons (Fsp3) is 0.400. The molecule has 2 atom stereocenters. The first-order valence-corrected chi connectivity index (χ1v) is 16.8. The lowest BCUT2D eigenvalue weighted by Gasteiger charge is -2.24. The predicted octanol–water partition coefficient (Wildman–Crippen LogP) is 9.64. The minimum Gasteiger partial charge on any atom is -0.372 e. The Morgan fingerprint density at radius 1 is 0.822 bits per heavy atom. The summed E-state index contributed by atoms with van der Waals surface area (Å²) in [5.74, 6) is 0.448. The van der Waals surface area contributed by atoms with E-state index in [1.54, 1.807) is 0 Å². The van der Waals surface area contributed by atoms with Crippen molar-refractivity contribution in [3.05, 3.63) is 114 Å². The number of hydrogen-bond acceptors (Lipinski definition) is 3. The zero-order valence-corrected chi connectivity index (χ0v) is 28.6. The van der Waals surface area contributed by atoms with Gasteiger partial charge in [0.2, 0.25) is 5.91 Å². The molecule has 0 heterocycles. The lowest BCUT2D eigenvalue weighted by Crippen LogP contribution is -2.28. The highest BCUT2D eigenvalue weighted by atomic mass is 16.2. The Balaban J connectivity index is 0.000000370. The van der Waals surface area contributed by atoms with Gasteiger partial charge in [-0.25, -0.2) is 0 Å². The zero-order valence-electron chi connectivity index (χ0n) is 28.6. The van der Waals surface area contributed by atoms with Crippen LogP contribution in [0.5, 0.6) is 0 Å². The Morgan fingerprint density at radius 2 is 1.40 bits per heavy atom. The number of carbonyl (C=O) groups excluding carboxylic acids is 2. The van der Waals surface area contributed by atoms with Gasteiger partial charge in [0.05, 0.1) is 5.92 Å². The molecule has 4 rings (SSSR count). The Hall–Kier alpha value is -4.12. The van der Waals surface area contributed by atoms with Crippen LogP contribution in [0.15, 0.2) is 103 Å². The van der Waals surface area contributed by atoms with Gasteiger partial charge in [-0.15, -0.1) is 0 Å². The highest BCUT2D eigenvalue weighted by Gasteiger charge is 2.21. The number of amides is 2. The second-order valence-corrected chi connectivity index (χ2v) is 11.2. The van der Waals surface area contributed by atoms with Crippen LogP contribution in [0.1, 0.15) is 91.2 Å². The summed E-state index contributed by atoms with van der Waals surface area (Å²) >= 11 is 0. The smallest absolute Gasteiger partial charge is 0.255 e. The maximum atomic E-state index is 13.1. The average Bonchev–Trinajstić information content (AvgIpc) is 3.09. The molecule has 45 heavy (non-hydrogen) atoms. The van der Waals surface area contributed by atoms with Crippen LogP contribution in [0.3, 0.4) is 0 Å². The minimum absolute atomic E-state index is 0.0428. The van der Waals surface area contributed by atoms with Gasteiger partial charge in [0, 0.05) is 36.6 Å². The molecule has 0 spiro atoms. The summed E-state index contributed by atoms with van der Waals surface area (Å²) in [6.45, 7) is 17.4. The van der Waals surface area contributed by atoms with Gasteiger partial charge in [-0.2, -0.15) is 0 Å². The van der Waals surface area contributed by atoms with Gasteiger partial charge in [-0.1, -0.05) is 114 Å². The van der Waals surface area contributed by atoms with E-state index in [4.69, 9.17) is 0 Å². The van der Waals surface area contributed by atoms with Gasteiger partial charge in [0.15, 0.2) is 0 Å². The number of hydrogen-bond donors (Lipinski definition) is 2. The Bertz CT molecular complexity index is 1320. The Kier molecular flexibility index (Phi) is 17.1. The first-order chi connectivity index (χ1) is 21.9. The van der Waals surface area contributed by atoms with Crippen molar-refractivity contribution >= 4 is 28.8 Å². The van der Waals surface area contributed by atoms with Crippen molar-refractivity contribution in [3.63, 3.8) is 0 Å². The number of anilines is 2. The molecule has 5 heteroatoms. The molecule has 2 N–H and O–H groups in total. The van der Waals surface area contributed by atoms with Crippen LogP contribution in [-0.2, 0) is 9.59 Å². The van der Waals surface area contributed by atoms with Crippen molar-refractivity contribution in [2.24, 2.45) is 5.92 Å². The summed E-state index contributed by atoms with van der Waals surface area (Å²) in [5, 5.41) is 5.98. The number of carbonyl (C=O) groups is 2. The van der Waals surface area contributed by atoms with Gasteiger partial charge in [-0.05, 0) is 79.5 Å². The quantitative estimate of drug-likeness (QED) is 0.215. The van der Waals surface area contributed by atoms with E-state index in [1.165, 1.54) is 5.69 Å². The molecule has 2 amide bonds. The summed E-state index contributed by atoms with van der Waals surface area (Å²) in [5.41, 5.74) is 5.99. The van der Waals surface area contributed by atoms with E-state index in [0.29, 0.717) is 5.92 Å². The van der Waals surface area contributed by atoms with Crippen molar-refractivity contribution in [1.82, 2.24) is 5.32 Å². The van der Waals surface area contributed by atoms with E-state index in [9.17, 15) is 9.59 Å². The molecule has 1 aliphatic rings. The largest absolute Gasteiger partial charge is 0.372 e. The summed E-state index contributed by atoms with van der Waals surface area (Å²) in [4.78, 5) is 27.0. The number of nitrogens with one attached hydrogen (secondary N) is 2. The third kappa shape index (κ3) is 12.1. The molecule has 3 aromatic carbocycles. The van der Waals surface area contributed by atoms with Crippen molar-refractivity contribution < 1.29 is 9.59 Å². The van der Waals surface area contributed by atoms with Gasteiger partial charge in [0.1, 0.15) is 0 Å². The van der Waals surface area contributed by atoms with Crippen molar-refractivity contribution in [3.8, 4) is 0 Å². The third-order valence-corrected chi connectivity index (χ3v) is 7.48. The highest BCUT2D eigenvalue weighted by Crippen LogP contribution is 2.31. The molecule has 1 aliphatic carbocycles. The molecule has 0 bridgehead atoms. The van der Waals surface area contributed by atoms with Crippen LogP contribution in [-0.4, -0.2) is 31.4 Å². The van der Waals surface area contributed by atoms with Crippen LogP contribution in [0.4, 0.5) is 11.4 Å². The molecule has 0 saturated heterocycles. The van der Waals surface area contributed by atoms with E-state index in [1.807, 2.05) is 88.4 Å². The van der Waals surface area contributed by atoms with Gasteiger partial charge >= 0.3 is 0 Å². The van der Waals surface area contributed by atoms with E-state index in [0.717, 1.165) is 73.3 Å². The molecular weight excluding hydrogens is 554 g/mol. The number of allylic oxidation sites excluding steroid dienone is 2. The van der Waals surface area contributed by atoms with E-state index in [-0.39, 0.29) is 17.7 Å². The lowest BCUT2D eigenvalue weighted by molar-refractivity contribution is -0.122. The standard InChI is InChI=1S/C26H32N2O.C12H17NO.C2H6/c1-4-17-28(18-5-2)23-14-12-22(13-15-23)27-26(29)24-16-11-20(3)19-25(24)21-9-7-6-8-10-21;1-3-9-13-12(14)10(2)11-7-5-4-6-8-11;1-2/h6-10,12-16,19-20H,4-5,11,17-18H2,1-3H3,(H,27,29);4-8,10H,3,9H2,1-2H3,(H,13,14);1-2H3. The molecular formula is C40H55N3O2. The molecule has 0 aromatic heterocycles. The predicted molar refractivity (Wildman–Crippen MR) is 194 cm³/mol. The van der Waals surface area contributed by atoms with Gasteiger partial charge in [-0.3, -0.25) is 9.59 Å². The average molecular weight is 610 g/mol. The molecule has 0 fully saturated rings. The summed E-state index contributed by atoms with van der Waals surface area (Å²) in [7, 11) is 0. The van der Waals surface area contributed by atoms with Crippen LogP contribution < -0.4 is 15.5 Å². The molecule has 0 radical (unpaired) electrons. The van der Waals surface area contributed by atoms with Crippen LogP contribution >= 0.6 is 0 Å². The normalized spacial score (nSPS) is 14.2. The second kappa shape index (κ2) is 20.8. The summed E-state index contributed by atoms with van der Waals surface area (Å²) in [6, 6.07) is 28.2. The highest BCUT2D eigenvalue weighted by molar-refractivity contribution is 6.15. The molecule has 0 saturated carbocycles. The van der Waals surface area contributed by atoms with Crippen molar-refractivity contribution in [1.29, 1.82) is 0 Å². The number of nitrogens with zero attached hydrogens (tertiary/aromatic N) is 1. The van der Waals surface area contributed by atoms with Gasteiger partial charge in [0.25, 0.3) is 5.91 Å². The fourth-order valence-electron chi connectivity index (χ4n) is 5.10. The van der Waals surface area contributed by atoms with Gasteiger partial charge < -0.3 is 15.5 Å². The van der Waals surface area contributed by atoms with Crippen molar-refractivity contribution in [2.45, 2.75) is 80.1 Å². The first kappa shape index (κ1) is 37.1. The lowest BCUT2D eigenvalue weighted by atomic mass is 9.87. The fourth-order valence-corrected chi connectivity index (χ4v) is 5.10. The molecule has 2 unspecified atom stereocenters. The maximum Gasteiger partial charge on any atom is 0.255 e. The molecule has 242 valence electrons. The monoisotopic (exact) mass is 609 g/mol. The first-order valence-electron chi connectivity index (χ1n) is 16.8. The molecule has 3 aromatic rings. The minimum atomic E-state index is -0.0530. The number of rotatable bonds is 12. The Labute approximate surface area is 272 Å². The second-order valence-electron chi connectivity index (χ2n) is 11.2. The van der Waals surface area contributed by atoms with Crippen LogP contribution in [0.2, 0.25) is 0 Å². The third-order valence-electron chi connectivity index (χ3n) is 7.48. The van der Waals surface area contributed by atoms with E-state index < -0.39 is 0 Å². The Morgan fingerprint density at radius 3 is 1.96 bits per heavy atom. The number of benzene rings is 3. The van der Waals surface area contributed by atoms with E-state index >= 15 is 0 Å². The summed E-state index contributed by atoms with van der Waals surface area (Å²) in [6.07, 6.45) is 8.40.